The molecule has 2 aromatic heterocycles. The van der Waals surface area contributed by atoms with Gasteiger partial charge in [-0.15, -0.1) is 5.10 Å². The minimum absolute atomic E-state index is 0.0830. The monoisotopic (exact) mass is 401 g/mol. The average Bonchev–Trinajstić information content (AvgIpc) is 3.40. The minimum Gasteiger partial charge on any atom is -0.495 e. The summed E-state index contributed by atoms with van der Waals surface area (Å²) in [5.41, 5.74) is 0.731. The molecule has 3 heterocycles. The lowest BCUT2D eigenvalue weighted by Gasteiger charge is -2.21. The second kappa shape index (κ2) is 8.14. The van der Waals surface area contributed by atoms with Crippen LogP contribution in [-0.4, -0.2) is 45.9 Å². The van der Waals surface area contributed by atoms with Crippen molar-refractivity contribution in [2.75, 3.05) is 20.3 Å². The summed E-state index contributed by atoms with van der Waals surface area (Å²) in [5, 5.41) is 12.7. The molecule has 0 aliphatic carbocycles. The smallest absolute Gasteiger partial charge is 0.267 e. The summed E-state index contributed by atoms with van der Waals surface area (Å²) in [7, 11) is 1.59. The van der Waals surface area contributed by atoms with Crippen LogP contribution in [0.15, 0.2) is 53.6 Å². The fraction of sp³-hybridized carbons (Fsp3) is 0.316. The summed E-state index contributed by atoms with van der Waals surface area (Å²) in [5.74, 6) is 1.20. The van der Waals surface area contributed by atoms with Crippen molar-refractivity contribution >= 4 is 11.6 Å². The van der Waals surface area contributed by atoms with Crippen molar-refractivity contribution in [2.45, 2.75) is 18.6 Å². The van der Waals surface area contributed by atoms with Gasteiger partial charge in [0.05, 0.1) is 37.4 Å². The zero-order valence-electron chi connectivity index (χ0n) is 15.3. The molecule has 1 saturated heterocycles. The molecule has 0 amide bonds. The van der Waals surface area contributed by atoms with Crippen molar-refractivity contribution < 1.29 is 9.47 Å². The van der Waals surface area contributed by atoms with Gasteiger partial charge in [0.2, 0.25) is 0 Å². The van der Waals surface area contributed by atoms with Gasteiger partial charge in [-0.1, -0.05) is 23.7 Å². The zero-order chi connectivity index (χ0) is 19.5. The Balaban J connectivity index is 1.54. The van der Waals surface area contributed by atoms with E-state index in [-0.39, 0.29) is 17.6 Å². The van der Waals surface area contributed by atoms with Gasteiger partial charge >= 0.3 is 0 Å². The molecule has 146 valence electrons. The number of benzene rings is 1. The summed E-state index contributed by atoms with van der Waals surface area (Å²) in [6.07, 6.45) is 3.45. The number of nitrogens with zero attached hydrogens (tertiary/aromatic N) is 4. The van der Waals surface area contributed by atoms with Crippen LogP contribution in [0, 0.1) is 0 Å². The lowest BCUT2D eigenvalue weighted by atomic mass is 10.1. The SMILES string of the molecule is COc1cccc(CNC2COCC2n2nc(-n3cccn3)ccc2=O)c1Cl. The molecule has 2 atom stereocenters. The average molecular weight is 402 g/mol. The summed E-state index contributed by atoms with van der Waals surface area (Å²) < 4.78 is 14.0. The van der Waals surface area contributed by atoms with Crippen LogP contribution in [0.4, 0.5) is 0 Å². The molecule has 2 unspecified atom stereocenters. The molecule has 4 rings (SSSR count). The predicted molar refractivity (Wildman–Crippen MR) is 104 cm³/mol. The first-order valence-electron chi connectivity index (χ1n) is 8.90. The second-order valence-electron chi connectivity index (χ2n) is 6.45. The number of aromatic nitrogens is 4. The van der Waals surface area contributed by atoms with E-state index in [4.69, 9.17) is 21.1 Å². The normalized spacial score (nSPS) is 19.1. The first kappa shape index (κ1) is 18.7. The molecule has 1 aromatic carbocycles. The summed E-state index contributed by atoms with van der Waals surface area (Å²) in [4.78, 5) is 12.4. The van der Waals surface area contributed by atoms with Crippen LogP contribution < -0.4 is 15.6 Å². The van der Waals surface area contributed by atoms with Crippen LogP contribution >= 0.6 is 11.6 Å². The number of methoxy groups -OCH3 is 1. The fourth-order valence-corrected chi connectivity index (χ4v) is 3.52. The molecule has 28 heavy (non-hydrogen) atoms. The molecule has 0 saturated carbocycles. The maximum atomic E-state index is 12.4. The van der Waals surface area contributed by atoms with Gasteiger partial charge in [0, 0.05) is 25.0 Å². The standard InChI is InChI=1S/C19H20ClN5O3/c1-27-16-5-2-4-13(19(16)20)10-21-14-11-28-12-15(14)25-18(26)7-6-17(23-25)24-9-3-8-22-24/h2-9,14-15,21H,10-12H2,1H3. The number of nitrogens with one attached hydrogen (secondary N) is 1. The Kier molecular flexibility index (Phi) is 5.43. The Morgan fingerprint density at radius 2 is 2.18 bits per heavy atom. The summed E-state index contributed by atoms with van der Waals surface area (Å²) in [6, 6.07) is 10.3. The van der Waals surface area contributed by atoms with Crippen LogP contribution in [0.1, 0.15) is 11.6 Å². The quantitative estimate of drug-likeness (QED) is 0.678. The van der Waals surface area contributed by atoms with E-state index in [0.717, 1.165) is 5.56 Å². The third kappa shape index (κ3) is 3.66. The molecule has 0 bridgehead atoms. The van der Waals surface area contributed by atoms with Crippen molar-refractivity contribution in [3.8, 4) is 11.6 Å². The van der Waals surface area contributed by atoms with Gasteiger partial charge < -0.3 is 14.8 Å². The summed E-state index contributed by atoms with van der Waals surface area (Å²) in [6.45, 7) is 1.40. The molecule has 9 heteroatoms. The fourth-order valence-electron chi connectivity index (χ4n) is 3.25. The molecule has 0 radical (unpaired) electrons. The van der Waals surface area contributed by atoms with Gasteiger partial charge in [-0.25, -0.2) is 9.36 Å². The highest BCUT2D eigenvalue weighted by Crippen LogP contribution is 2.28. The van der Waals surface area contributed by atoms with Gasteiger partial charge in [0.1, 0.15) is 5.75 Å². The zero-order valence-corrected chi connectivity index (χ0v) is 16.0. The predicted octanol–water partition coefficient (Wildman–Crippen LogP) is 1.82. The van der Waals surface area contributed by atoms with Crippen molar-refractivity contribution in [1.29, 1.82) is 0 Å². The topological polar surface area (TPSA) is 83.2 Å². The first-order chi connectivity index (χ1) is 13.7. The van der Waals surface area contributed by atoms with Crippen LogP contribution in [-0.2, 0) is 11.3 Å². The number of halogens is 1. The number of ether oxygens (including phenoxy) is 2. The highest BCUT2D eigenvalue weighted by molar-refractivity contribution is 6.32. The Morgan fingerprint density at radius 3 is 2.96 bits per heavy atom. The third-order valence-corrected chi connectivity index (χ3v) is 5.16. The van der Waals surface area contributed by atoms with Crippen LogP contribution in [0.2, 0.25) is 5.02 Å². The van der Waals surface area contributed by atoms with Gasteiger partial charge in [-0.05, 0) is 23.8 Å². The Hall–Kier alpha value is -2.68. The van der Waals surface area contributed by atoms with Crippen LogP contribution in [0.5, 0.6) is 5.75 Å². The molecule has 1 fully saturated rings. The van der Waals surface area contributed by atoms with E-state index in [1.807, 2.05) is 18.2 Å². The van der Waals surface area contributed by atoms with Crippen molar-refractivity contribution in [1.82, 2.24) is 24.9 Å². The molecule has 1 N–H and O–H groups in total. The number of hydrogen-bond acceptors (Lipinski definition) is 6. The second-order valence-corrected chi connectivity index (χ2v) is 6.83. The van der Waals surface area contributed by atoms with Crippen LogP contribution in [0.25, 0.3) is 5.82 Å². The van der Waals surface area contributed by atoms with Gasteiger partial charge in [-0.3, -0.25) is 4.79 Å². The van der Waals surface area contributed by atoms with Crippen molar-refractivity contribution in [2.24, 2.45) is 0 Å². The van der Waals surface area contributed by atoms with Crippen molar-refractivity contribution in [3.63, 3.8) is 0 Å². The van der Waals surface area contributed by atoms with E-state index in [9.17, 15) is 4.79 Å². The van der Waals surface area contributed by atoms with Gasteiger partial charge in [-0.2, -0.15) is 5.10 Å². The van der Waals surface area contributed by atoms with Crippen LogP contribution in [0.3, 0.4) is 0 Å². The lowest BCUT2D eigenvalue weighted by molar-refractivity contribution is 0.180. The summed E-state index contributed by atoms with van der Waals surface area (Å²) >= 11 is 6.38. The number of rotatable bonds is 6. The maximum Gasteiger partial charge on any atom is 0.267 e. The van der Waals surface area contributed by atoms with E-state index in [2.05, 4.69) is 15.5 Å². The largest absolute Gasteiger partial charge is 0.495 e. The molecular weight excluding hydrogens is 382 g/mol. The molecule has 3 aromatic rings. The molecule has 1 aliphatic heterocycles. The molecule has 8 nitrogen and oxygen atoms in total. The van der Waals surface area contributed by atoms with E-state index in [0.29, 0.717) is 36.3 Å². The Bertz CT molecular complexity index is 1010. The first-order valence-corrected chi connectivity index (χ1v) is 9.27. The molecular formula is C19H20ClN5O3. The van der Waals surface area contributed by atoms with E-state index in [1.165, 1.54) is 10.7 Å². The number of hydrogen-bond donors (Lipinski definition) is 1. The van der Waals surface area contributed by atoms with E-state index >= 15 is 0 Å². The van der Waals surface area contributed by atoms with Gasteiger partial charge in [0.15, 0.2) is 5.82 Å². The third-order valence-electron chi connectivity index (χ3n) is 4.73. The Labute approximate surface area is 166 Å². The molecule has 0 spiro atoms. The highest BCUT2D eigenvalue weighted by atomic mass is 35.5. The van der Waals surface area contributed by atoms with E-state index in [1.54, 1.807) is 36.3 Å². The molecule has 1 aliphatic rings. The lowest BCUT2D eigenvalue weighted by Crippen LogP contribution is -2.41. The highest BCUT2D eigenvalue weighted by Gasteiger charge is 2.31. The van der Waals surface area contributed by atoms with E-state index < -0.39 is 0 Å². The Morgan fingerprint density at radius 1 is 1.29 bits per heavy atom. The van der Waals surface area contributed by atoms with Crippen molar-refractivity contribution in [3.05, 3.63) is 69.7 Å². The van der Waals surface area contributed by atoms with Gasteiger partial charge in [0.25, 0.3) is 5.56 Å². The maximum absolute atomic E-state index is 12.4. The minimum atomic E-state index is -0.229.